The molecule has 0 unspecified atom stereocenters. The van der Waals surface area contributed by atoms with E-state index in [0.717, 1.165) is 22.1 Å². The van der Waals surface area contributed by atoms with Gasteiger partial charge >= 0.3 is 0 Å². The van der Waals surface area contributed by atoms with Crippen molar-refractivity contribution in [1.82, 2.24) is 15.0 Å². The molecule has 0 fully saturated rings. The summed E-state index contributed by atoms with van der Waals surface area (Å²) < 4.78 is 14.4. The number of fused-ring (bicyclic) bond motifs is 1. The molecule has 0 radical (unpaired) electrons. The number of benzene rings is 1. The lowest BCUT2D eigenvalue weighted by Gasteiger charge is -2.10. The Balaban J connectivity index is 1.68. The molecular formula is C20H15Cl2FN4. The minimum Gasteiger partial charge on any atom is -0.383 e. The number of hydrogen-bond donors (Lipinski definition) is 2. The third-order valence-corrected chi connectivity index (χ3v) is 4.89. The van der Waals surface area contributed by atoms with Crippen molar-refractivity contribution in [1.29, 1.82) is 0 Å². The first-order chi connectivity index (χ1) is 13.0. The molecule has 1 aromatic carbocycles. The summed E-state index contributed by atoms with van der Waals surface area (Å²) in [5, 5.41) is 2.05. The fourth-order valence-corrected chi connectivity index (χ4v) is 3.35. The molecule has 0 aliphatic rings. The SMILES string of the molecule is Nc1nc(F)c(Cc2c[nH]c3ncc(Cl)cc23)cc1Cc1ccc(Cl)cc1. The molecule has 136 valence electrons. The summed E-state index contributed by atoms with van der Waals surface area (Å²) in [6.07, 6.45) is 4.28. The van der Waals surface area contributed by atoms with E-state index >= 15 is 0 Å². The maximum Gasteiger partial charge on any atom is 0.218 e. The maximum absolute atomic E-state index is 14.4. The number of hydrogen-bond acceptors (Lipinski definition) is 3. The molecule has 3 N–H and O–H groups in total. The van der Waals surface area contributed by atoms with Crippen LogP contribution in [0, 0.1) is 5.95 Å². The molecule has 27 heavy (non-hydrogen) atoms. The number of aromatic amines is 1. The lowest BCUT2D eigenvalue weighted by Crippen LogP contribution is -2.05. The first-order valence-corrected chi connectivity index (χ1v) is 9.05. The molecule has 7 heteroatoms. The smallest absolute Gasteiger partial charge is 0.218 e. The van der Waals surface area contributed by atoms with Gasteiger partial charge in [0.1, 0.15) is 11.5 Å². The second-order valence-corrected chi connectivity index (χ2v) is 7.20. The average Bonchev–Trinajstić information content (AvgIpc) is 3.03. The van der Waals surface area contributed by atoms with Gasteiger partial charge in [0.2, 0.25) is 5.95 Å². The van der Waals surface area contributed by atoms with Crippen molar-refractivity contribution in [2.45, 2.75) is 12.8 Å². The van der Waals surface area contributed by atoms with Crippen LogP contribution in [0.25, 0.3) is 11.0 Å². The molecule has 0 aliphatic carbocycles. The molecule has 0 bridgehead atoms. The van der Waals surface area contributed by atoms with Gasteiger partial charge in [-0.2, -0.15) is 4.39 Å². The van der Waals surface area contributed by atoms with E-state index < -0.39 is 5.95 Å². The van der Waals surface area contributed by atoms with E-state index in [-0.39, 0.29) is 5.82 Å². The number of nitrogen functional groups attached to an aromatic ring is 1. The minimum absolute atomic E-state index is 0.190. The van der Waals surface area contributed by atoms with Gasteiger partial charge in [0, 0.05) is 41.2 Å². The minimum atomic E-state index is -0.573. The molecule has 0 amide bonds. The highest BCUT2D eigenvalue weighted by atomic mass is 35.5. The van der Waals surface area contributed by atoms with E-state index in [9.17, 15) is 4.39 Å². The highest BCUT2D eigenvalue weighted by molar-refractivity contribution is 6.31. The van der Waals surface area contributed by atoms with Crippen LogP contribution in [0.15, 0.2) is 48.8 Å². The van der Waals surface area contributed by atoms with Crippen LogP contribution < -0.4 is 5.73 Å². The predicted octanol–water partition coefficient (Wildman–Crippen LogP) is 5.17. The van der Waals surface area contributed by atoms with Gasteiger partial charge in [0.05, 0.1) is 5.02 Å². The lowest BCUT2D eigenvalue weighted by molar-refractivity contribution is 0.571. The molecule has 0 saturated carbocycles. The van der Waals surface area contributed by atoms with Crippen molar-refractivity contribution in [2.24, 2.45) is 0 Å². The summed E-state index contributed by atoms with van der Waals surface area (Å²) in [6, 6.07) is 11.0. The maximum atomic E-state index is 14.4. The summed E-state index contributed by atoms with van der Waals surface area (Å²) in [4.78, 5) is 11.2. The van der Waals surface area contributed by atoms with E-state index in [1.807, 2.05) is 36.5 Å². The highest BCUT2D eigenvalue weighted by Gasteiger charge is 2.14. The number of rotatable bonds is 4. The molecule has 4 rings (SSSR count). The number of nitrogens with zero attached hydrogens (tertiary/aromatic N) is 2. The van der Waals surface area contributed by atoms with Gasteiger partial charge in [-0.3, -0.25) is 0 Å². The molecule has 0 saturated heterocycles. The summed E-state index contributed by atoms with van der Waals surface area (Å²) >= 11 is 12.0. The zero-order chi connectivity index (χ0) is 19.0. The molecule has 4 nitrogen and oxygen atoms in total. The van der Waals surface area contributed by atoms with Gasteiger partial charge in [-0.05, 0) is 41.0 Å². The number of halogens is 3. The summed E-state index contributed by atoms with van der Waals surface area (Å²) in [7, 11) is 0. The number of H-pyrrole nitrogens is 1. The Kier molecular flexibility index (Phi) is 4.72. The van der Waals surface area contributed by atoms with Crippen molar-refractivity contribution < 1.29 is 4.39 Å². The zero-order valence-electron chi connectivity index (χ0n) is 14.1. The number of nitrogens with two attached hydrogens (primary N) is 1. The number of pyridine rings is 2. The standard InChI is InChI=1S/C20H15Cl2FN4/c21-15-3-1-11(2-4-15)5-13-6-12(18(23)27-19(13)24)7-14-9-25-20-17(14)8-16(22)10-26-20/h1-4,6,8-10H,5,7H2,(H2,24,27)(H,25,26). The zero-order valence-corrected chi connectivity index (χ0v) is 15.7. The largest absolute Gasteiger partial charge is 0.383 e. The number of aromatic nitrogens is 3. The van der Waals surface area contributed by atoms with Gasteiger partial charge in [-0.25, -0.2) is 9.97 Å². The van der Waals surface area contributed by atoms with Crippen LogP contribution in [-0.2, 0) is 12.8 Å². The fraction of sp³-hybridized carbons (Fsp3) is 0.100. The average molecular weight is 401 g/mol. The summed E-state index contributed by atoms with van der Waals surface area (Å²) in [6.45, 7) is 0. The van der Waals surface area contributed by atoms with Crippen LogP contribution in [0.2, 0.25) is 10.0 Å². The molecule has 3 heterocycles. The molecule has 0 spiro atoms. The van der Waals surface area contributed by atoms with E-state index in [4.69, 9.17) is 28.9 Å². The van der Waals surface area contributed by atoms with Crippen molar-refractivity contribution in [2.75, 3.05) is 5.73 Å². The van der Waals surface area contributed by atoms with Gasteiger partial charge < -0.3 is 10.7 Å². The van der Waals surface area contributed by atoms with Crippen molar-refractivity contribution in [3.8, 4) is 0 Å². The van der Waals surface area contributed by atoms with Gasteiger partial charge in [0.25, 0.3) is 0 Å². The van der Waals surface area contributed by atoms with Crippen LogP contribution in [0.4, 0.5) is 10.2 Å². The normalized spacial score (nSPS) is 11.2. The fourth-order valence-electron chi connectivity index (χ4n) is 3.06. The Morgan fingerprint density at radius 1 is 0.963 bits per heavy atom. The quantitative estimate of drug-likeness (QED) is 0.464. The van der Waals surface area contributed by atoms with E-state index in [1.54, 1.807) is 12.3 Å². The molecular weight excluding hydrogens is 386 g/mol. The number of nitrogens with one attached hydrogen (secondary N) is 1. The predicted molar refractivity (Wildman–Crippen MR) is 107 cm³/mol. The van der Waals surface area contributed by atoms with Crippen LogP contribution in [0.3, 0.4) is 0 Å². The second-order valence-electron chi connectivity index (χ2n) is 6.33. The Morgan fingerprint density at radius 3 is 2.52 bits per heavy atom. The van der Waals surface area contributed by atoms with E-state index in [0.29, 0.717) is 34.1 Å². The van der Waals surface area contributed by atoms with E-state index in [1.165, 1.54) is 0 Å². The third-order valence-electron chi connectivity index (χ3n) is 4.43. The third kappa shape index (κ3) is 3.75. The van der Waals surface area contributed by atoms with Crippen molar-refractivity contribution >= 4 is 40.1 Å². The lowest BCUT2D eigenvalue weighted by atomic mass is 10.0. The van der Waals surface area contributed by atoms with Crippen LogP contribution in [0.1, 0.15) is 22.3 Å². The van der Waals surface area contributed by atoms with Gasteiger partial charge in [-0.1, -0.05) is 35.3 Å². The van der Waals surface area contributed by atoms with Crippen LogP contribution in [0.5, 0.6) is 0 Å². The summed E-state index contributed by atoms with van der Waals surface area (Å²) in [5.74, 6) is -0.383. The van der Waals surface area contributed by atoms with Crippen LogP contribution in [-0.4, -0.2) is 15.0 Å². The first kappa shape index (κ1) is 17.8. The highest BCUT2D eigenvalue weighted by Crippen LogP contribution is 2.25. The molecule has 0 atom stereocenters. The number of anilines is 1. The first-order valence-electron chi connectivity index (χ1n) is 8.29. The Labute approximate surface area is 165 Å². The molecule has 4 aromatic rings. The van der Waals surface area contributed by atoms with Gasteiger partial charge in [0.15, 0.2) is 0 Å². The van der Waals surface area contributed by atoms with Crippen LogP contribution >= 0.6 is 23.2 Å². The Bertz CT molecular complexity index is 1120. The Morgan fingerprint density at radius 2 is 1.74 bits per heavy atom. The van der Waals surface area contributed by atoms with Crippen molar-refractivity contribution in [3.63, 3.8) is 0 Å². The second kappa shape index (κ2) is 7.18. The Hall–Kier alpha value is -2.63. The van der Waals surface area contributed by atoms with E-state index in [2.05, 4.69) is 15.0 Å². The summed E-state index contributed by atoms with van der Waals surface area (Å²) in [5.41, 5.74) is 9.80. The van der Waals surface area contributed by atoms with Crippen molar-refractivity contribution in [3.05, 3.63) is 87.0 Å². The molecule has 0 aliphatic heterocycles. The van der Waals surface area contributed by atoms with Gasteiger partial charge in [-0.15, -0.1) is 0 Å². The monoisotopic (exact) mass is 400 g/mol. The topological polar surface area (TPSA) is 67.6 Å². The molecule has 3 aromatic heterocycles.